The van der Waals surface area contributed by atoms with Crippen molar-refractivity contribution in [1.82, 2.24) is 4.98 Å². The molecule has 0 amide bonds. The summed E-state index contributed by atoms with van der Waals surface area (Å²) in [5, 5.41) is 4.29. The van der Waals surface area contributed by atoms with Crippen molar-refractivity contribution in [3.63, 3.8) is 0 Å². The first-order chi connectivity index (χ1) is 14.9. The molecule has 5 aromatic rings. The minimum atomic E-state index is 1.03. The molecule has 2 aromatic heterocycles. The maximum Gasteiger partial charge on any atom is 0.0644 e. The van der Waals surface area contributed by atoms with Gasteiger partial charge in [-0.2, -0.15) is 11.3 Å². The number of benzene rings is 3. The van der Waals surface area contributed by atoms with Gasteiger partial charge in [-0.15, -0.1) is 0 Å². The lowest BCUT2D eigenvalue weighted by Gasteiger charge is -2.25. The molecule has 0 atom stereocenters. The first-order valence-corrected chi connectivity index (χ1v) is 10.8. The van der Waals surface area contributed by atoms with Crippen LogP contribution in [0.25, 0.3) is 22.3 Å². The molecule has 3 heteroatoms. The van der Waals surface area contributed by atoms with E-state index in [4.69, 9.17) is 0 Å². The van der Waals surface area contributed by atoms with Crippen LogP contribution in [-0.2, 0) is 0 Å². The standard InChI is InChI=1S/C27H20N2S/c1-2-6-21(7-3-1)23-8-4-9-26(18-23)29(27-10-5-16-28-19-27)25-13-11-22(12-14-25)24-15-17-30-20-24/h1-20H. The summed E-state index contributed by atoms with van der Waals surface area (Å²) in [6.07, 6.45) is 3.71. The van der Waals surface area contributed by atoms with Gasteiger partial charge in [0.25, 0.3) is 0 Å². The number of rotatable bonds is 5. The van der Waals surface area contributed by atoms with Crippen LogP contribution in [0.5, 0.6) is 0 Å². The Morgan fingerprint density at radius 1 is 0.567 bits per heavy atom. The predicted molar refractivity (Wildman–Crippen MR) is 128 cm³/mol. The Morgan fingerprint density at radius 2 is 1.33 bits per heavy atom. The van der Waals surface area contributed by atoms with Gasteiger partial charge in [0, 0.05) is 17.6 Å². The summed E-state index contributed by atoms with van der Waals surface area (Å²) >= 11 is 1.72. The SMILES string of the molecule is c1ccc(-c2cccc(N(c3ccc(-c4ccsc4)cc3)c3cccnc3)c2)cc1. The number of aromatic nitrogens is 1. The van der Waals surface area contributed by atoms with Gasteiger partial charge >= 0.3 is 0 Å². The van der Waals surface area contributed by atoms with Gasteiger partial charge < -0.3 is 4.90 Å². The second-order valence-electron chi connectivity index (χ2n) is 7.02. The highest BCUT2D eigenvalue weighted by Gasteiger charge is 2.13. The molecule has 0 saturated heterocycles. The summed E-state index contributed by atoms with van der Waals surface area (Å²) in [6, 6.07) is 34.1. The van der Waals surface area contributed by atoms with E-state index < -0.39 is 0 Å². The quantitative estimate of drug-likeness (QED) is 0.295. The minimum Gasteiger partial charge on any atom is -0.309 e. The topological polar surface area (TPSA) is 16.1 Å². The average molecular weight is 405 g/mol. The molecular formula is C27H20N2S. The van der Waals surface area contributed by atoms with Gasteiger partial charge in [0.15, 0.2) is 0 Å². The number of hydrogen-bond donors (Lipinski definition) is 0. The monoisotopic (exact) mass is 404 g/mol. The molecule has 0 aliphatic heterocycles. The lowest BCUT2D eigenvalue weighted by atomic mass is 10.0. The molecule has 0 aliphatic carbocycles. The van der Waals surface area contributed by atoms with Crippen LogP contribution in [0.2, 0.25) is 0 Å². The Labute approximate surface area is 180 Å². The van der Waals surface area contributed by atoms with Crippen LogP contribution >= 0.6 is 11.3 Å². The lowest BCUT2D eigenvalue weighted by Crippen LogP contribution is -2.10. The van der Waals surface area contributed by atoms with Crippen LogP contribution in [0.15, 0.2) is 120 Å². The molecule has 3 aromatic carbocycles. The van der Waals surface area contributed by atoms with Crippen molar-refractivity contribution in [3.8, 4) is 22.3 Å². The van der Waals surface area contributed by atoms with E-state index >= 15 is 0 Å². The molecule has 0 bridgehead atoms. The molecule has 0 fully saturated rings. The summed E-state index contributed by atoms with van der Waals surface area (Å²) in [5.41, 5.74) is 8.12. The van der Waals surface area contributed by atoms with Crippen LogP contribution < -0.4 is 4.90 Å². The molecule has 30 heavy (non-hydrogen) atoms. The summed E-state index contributed by atoms with van der Waals surface area (Å²) in [6.45, 7) is 0. The van der Waals surface area contributed by atoms with E-state index in [1.165, 1.54) is 22.3 Å². The molecule has 0 spiro atoms. The van der Waals surface area contributed by atoms with Crippen LogP contribution in [0.1, 0.15) is 0 Å². The zero-order valence-corrected chi connectivity index (χ0v) is 17.2. The Hall–Kier alpha value is -3.69. The number of pyridine rings is 1. The molecule has 0 unspecified atom stereocenters. The molecule has 144 valence electrons. The summed E-state index contributed by atoms with van der Waals surface area (Å²) in [4.78, 5) is 6.60. The first kappa shape index (κ1) is 18.3. The molecule has 0 saturated carbocycles. The van der Waals surface area contributed by atoms with Gasteiger partial charge in [-0.3, -0.25) is 4.98 Å². The smallest absolute Gasteiger partial charge is 0.0644 e. The highest BCUT2D eigenvalue weighted by molar-refractivity contribution is 7.08. The fourth-order valence-electron chi connectivity index (χ4n) is 3.62. The summed E-state index contributed by atoms with van der Waals surface area (Å²) < 4.78 is 0. The molecule has 0 radical (unpaired) electrons. The normalized spacial score (nSPS) is 10.7. The van der Waals surface area contributed by atoms with Gasteiger partial charge in [-0.05, 0) is 75.5 Å². The van der Waals surface area contributed by atoms with Crippen molar-refractivity contribution in [3.05, 3.63) is 120 Å². The van der Waals surface area contributed by atoms with E-state index in [1.807, 2.05) is 24.5 Å². The highest BCUT2D eigenvalue weighted by Crippen LogP contribution is 2.37. The Kier molecular flexibility index (Phi) is 5.11. The Bertz CT molecular complexity index is 1220. The molecule has 5 rings (SSSR count). The van der Waals surface area contributed by atoms with Crippen molar-refractivity contribution in [2.24, 2.45) is 0 Å². The van der Waals surface area contributed by atoms with E-state index in [0.717, 1.165) is 17.1 Å². The third kappa shape index (κ3) is 3.76. The van der Waals surface area contributed by atoms with Crippen LogP contribution in [0, 0.1) is 0 Å². The van der Waals surface area contributed by atoms with Crippen molar-refractivity contribution < 1.29 is 0 Å². The fourth-order valence-corrected chi connectivity index (χ4v) is 4.29. The van der Waals surface area contributed by atoms with E-state index in [1.54, 1.807) is 11.3 Å². The molecule has 2 nitrogen and oxygen atoms in total. The number of nitrogens with zero attached hydrogens (tertiary/aromatic N) is 2. The van der Waals surface area contributed by atoms with Crippen LogP contribution in [-0.4, -0.2) is 4.98 Å². The third-order valence-electron chi connectivity index (χ3n) is 5.10. The molecule has 0 N–H and O–H groups in total. The highest BCUT2D eigenvalue weighted by atomic mass is 32.1. The fraction of sp³-hybridized carbons (Fsp3) is 0. The molecular weight excluding hydrogens is 384 g/mol. The number of hydrogen-bond acceptors (Lipinski definition) is 3. The zero-order chi connectivity index (χ0) is 20.2. The Morgan fingerprint density at radius 3 is 2.07 bits per heavy atom. The average Bonchev–Trinajstić information content (AvgIpc) is 3.36. The maximum absolute atomic E-state index is 4.36. The number of anilines is 3. The Balaban J connectivity index is 1.59. The van der Waals surface area contributed by atoms with E-state index in [2.05, 4.69) is 106 Å². The van der Waals surface area contributed by atoms with Crippen molar-refractivity contribution in [2.75, 3.05) is 4.90 Å². The second kappa shape index (κ2) is 8.36. The zero-order valence-electron chi connectivity index (χ0n) is 16.3. The van der Waals surface area contributed by atoms with E-state index in [-0.39, 0.29) is 0 Å². The summed E-state index contributed by atoms with van der Waals surface area (Å²) in [7, 11) is 0. The van der Waals surface area contributed by atoms with E-state index in [9.17, 15) is 0 Å². The van der Waals surface area contributed by atoms with Crippen molar-refractivity contribution in [1.29, 1.82) is 0 Å². The predicted octanol–water partition coefficient (Wildman–Crippen LogP) is 7.95. The summed E-state index contributed by atoms with van der Waals surface area (Å²) in [5.74, 6) is 0. The third-order valence-corrected chi connectivity index (χ3v) is 5.78. The lowest BCUT2D eigenvalue weighted by molar-refractivity contribution is 1.23. The minimum absolute atomic E-state index is 1.03. The van der Waals surface area contributed by atoms with Gasteiger partial charge in [-0.1, -0.05) is 54.6 Å². The van der Waals surface area contributed by atoms with Crippen molar-refractivity contribution >= 4 is 28.4 Å². The second-order valence-corrected chi connectivity index (χ2v) is 7.80. The van der Waals surface area contributed by atoms with Gasteiger partial charge in [0.2, 0.25) is 0 Å². The van der Waals surface area contributed by atoms with Gasteiger partial charge in [0.05, 0.1) is 11.9 Å². The van der Waals surface area contributed by atoms with Crippen LogP contribution in [0.3, 0.4) is 0 Å². The maximum atomic E-state index is 4.36. The van der Waals surface area contributed by atoms with Crippen LogP contribution in [0.4, 0.5) is 17.1 Å². The largest absolute Gasteiger partial charge is 0.309 e. The first-order valence-electron chi connectivity index (χ1n) is 9.87. The molecule has 0 aliphatic rings. The van der Waals surface area contributed by atoms with Gasteiger partial charge in [0.1, 0.15) is 0 Å². The number of thiophene rings is 1. The van der Waals surface area contributed by atoms with E-state index in [0.29, 0.717) is 0 Å². The van der Waals surface area contributed by atoms with Gasteiger partial charge in [-0.25, -0.2) is 0 Å². The van der Waals surface area contributed by atoms with Crippen molar-refractivity contribution in [2.45, 2.75) is 0 Å². The molecule has 2 heterocycles.